The van der Waals surface area contributed by atoms with E-state index in [-0.39, 0.29) is 33.6 Å². The minimum absolute atomic E-state index is 0.114. The second kappa shape index (κ2) is 9.25. The molecule has 4 rings (SSSR count). The minimum Gasteiger partial charge on any atom is -0.483 e. The molecule has 10 heteroatoms. The Bertz CT molecular complexity index is 1380. The highest BCUT2D eigenvalue weighted by atomic mass is 35.5. The molecule has 1 amide bonds. The molecule has 0 atom stereocenters. The lowest BCUT2D eigenvalue weighted by atomic mass is 10.1. The van der Waals surface area contributed by atoms with Crippen LogP contribution in [0.3, 0.4) is 0 Å². The number of hydrogen-bond donors (Lipinski definition) is 1. The molecule has 0 aliphatic heterocycles. The molecule has 1 N–H and O–H groups in total. The Balaban J connectivity index is 1.43. The van der Waals surface area contributed by atoms with Gasteiger partial charge < -0.3 is 13.7 Å². The molecule has 0 aliphatic carbocycles. The molecule has 0 spiro atoms. The molecule has 0 aliphatic rings. The lowest BCUT2D eigenvalue weighted by molar-refractivity contribution is -0.123. The molecule has 0 saturated heterocycles. The van der Waals surface area contributed by atoms with Gasteiger partial charge in [0.05, 0.1) is 33.9 Å². The monoisotopic (exact) mass is 471 g/mol. The van der Waals surface area contributed by atoms with Gasteiger partial charge in [0.1, 0.15) is 12.0 Å². The molecule has 8 nitrogen and oxygen atoms in total. The van der Waals surface area contributed by atoms with Crippen molar-refractivity contribution >= 4 is 46.3 Å². The number of ether oxygens (including phenoxy) is 1. The second-order valence-electron chi connectivity index (χ2n) is 6.74. The van der Waals surface area contributed by atoms with Crippen molar-refractivity contribution in [2.24, 2.45) is 5.10 Å². The molecule has 2 heterocycles. The number of nitrogens with zero attached hydrogens (tertiary/aromatic N) is 2. The number of halogens is 2. The summed E-state index contributed by atoms with van der Waals surface area (Å²) in [5.41, 5.74) is 3.91. The number of carbonyl (C=O) groups is 1. The number of aryl methyl sites for hydroxylation is 1. The van der Waals surface area contributed by atoms with Crippen LogP contribution in [0, 0.1) is 6.92 Å². The lowest BCUT2D eigenvalue weighted by Gasteiger charge is -2.09. The van der Waals surface area contributed by atoms with Crippen molar-refractivity contribution in [2.45, 2.75) is 6.92 Å². The Morgan fingerprint density at radius 3 is 2.88 bits per heavy atom. The zero-order chi connectivity index (χ0) is 22.7. The molecule has 0 fully saturated rings. The maximum Gasteiger partial charge on any atom is 0.277 e. The Labute approximate surface area is 191 Å². The van der Waals surface area contributed by atoms with Crippen LogP contribution < -0.4 is 15.6 Å². The van der Waals surface area contributed by atoms with Crippen molar-refractivity contribution in [2.75, 3.05) is 6.61 Å². The zero-order valence-electron chi connectivity index (χ0n) is 16.6. The Morgan fingerprint density at radius 1 is 1.25 bits per heavy atom. The fourth-order valence-corrected chi connectivity index (χ4v) is 3.47. The fourth-order valence-electron chi connectivity index (χ4n) is 2.94. The van der Waals surface area contributed by atoms with Crippen molar-refractivity contribution < 1.29 is 18.5 Å². The number of carbonyl (C=O) groups excluding carboxylic acids is 1. The molecule has 32 heavy (non-hydrogen) atoms. The number of amides is 1. The first-order chi connectivity index (χ1) is 15.4. The summed E-state index contributed by atoms with van der Waals surface area (Å²) in [7, 11) is 0. The van der Waals surface area contributed by atoms with Crippen molar-refractivity contribution in [1.29, 1.82) is 0 Å². The van der Waals surface area contributed by atoms with E-state index in [9.17, 15) is 9.59 Å². The topological polar surface area (TPSA) is 107 Å². The highest BCUT2D eigenvalue weighted by Gasteiger charge is 2.13. The van der Waals surface area contributed by atoms with E-state index in [0.29, 0.717) is 22.1 Å². The molecule has 4 aromatic rings. The maximum atomic E-state index is 12.6. The summed E-state index contributed by atoms with van der Waals surface area (Å²) >= 11 is 12.0. The van der Waals surface area contributed by atoms with Crippen molar-refractivity contribution in [3.8, 4) is 17.1 Å². The number of nitrogens with one attached hydrogen (secondary N) is 1. The van der Waals surface area contributed by atoms with Gasteiger partial charge in [-0.05, 0) is 31.2 Å². The van der Waals surface area contributed by atoms with E-state index in [1.54, 1.807) is 12.1 Å². The van der Waals surface area contributed by atoms with Gasteiger partial charge in [0.15, 0.2) is 18.0 Å². The maximum absolute atomic E-state index is 12.6. The number of aromatic nitrogens is 1. The van der Waals surface area contributed by atoms with E-state index in [1.165, 1.54) is 30.8 Å². The smallest absolute Gasteiger partial charge is 0.277 e. The molecule has 0 bridgehead atoms. The van der Waals surface area contributed by atoms with Crippen LogP contribution in [0.5, 0.6) is 5.75 Å². The largest absolute Gasteiger partial charge is 0.483 e. The number of hydrazone groups is 1. The van der Waals surface area contributed by atoms with Gasteiger partial charge in [-0.1, -0.05) is 40.0 Å². The summed E-state index contributed by atoms with van der Waals surface area (Å²) in [5.74, 6) is 0.447. The molecular weight excluding hydrogens is 457 g/mol. The standard InChI is InChI=1S/C22H15Cl2N3O5/c1-12-2-3-18(15(6-12)19-4-5-26-32-19)30-11-20(28)27-25-9-13-10-31-22-16(21(13)29)7-14(23)8-17(22)24/h2-10H,11H2,1H3,(H,27,28)/b25-9+. The highest BCUT2D eigenvalue weighted by Crippen LogP contribution is 2.30. The van der Waals surface area contributed by atoms with E-state index >= 15 is 0 Å². The average Bonchev–Trinajstić information content (AvgIpc) is 3.29. The number of rotatable bonds is 6. The third-order valence-electron chi connectivity index (χ3n) is 4.41. The van der Waals surface area contributed by atoms with E-state index in [1.807, 2.05) is 19.1 Å². The van der Waals surface area contributed by atoms with Crippen LogP contribution >= 0.6 is 23.2 Å². The van der Waals surface area contributed by atoms with Crippen LogP contribution in [0.1, 0.15) is 11.1 Å². The van der Waals surface area contributed by atoms with Crippen molar-refractivity contribution in [3.05, 3.63) is 80.3 Å². The van der Waals surface area contributed by atoms with Gasteiger partial charge in [-0.3, -0.25) is 9.59 Å². The SMILES string of the molecule is Cc1ccc(OCC(=O)N/N=C/c2coc3c(Cl)cc(Cl)cc3c2=O)c(-c2ccno2)c1. The van der Waals surface area contributed by atoms with Gasteiger partial charge in [0, 0.05) is 11.1 Å². The van der Waals surface area contributed by atoms with E-state index in [2.05, 4.69) is 15.7 Å². The predicted octanol–water partition coefficient (Wildman–Crippen LogP) is 4.59. The van der Waals surface area contributed by atoms with Gasteiger partial charge in [0.25, 0.3) is 5.91 Å². The summed E-state index contributed by atoms with van der Waals surface area (Å²) in [5, 5.41) is 8.22. The minimum atomic E-state index is -0.526. The summed E-state index contributed by atoms with van der Waals surface area (Å²) in [4.78, 5) is 24.7. The molecule has 0 saturated carbocycles. The molecular formula is C22H15Cl2N3O5. The molecule has 162 valence electrons. The van der Waals surface area contributed by atoms with Crippen LogP contribution in [0.25, 0.3) is 22.3 Å². The first kappa shape index (κ1) is 21.6. The Kier molecular flexibility index (Phi) is 6.25. The number of hydrogen-bond acceptors (Lipinski definition) is 7. The summed E-state index contributed by atoms with van der Waals surface area (Å²) < 4.78 is 16.2. The van der Waals surface area contributed by atoms with Crippen LogP contribution in [0.2, 0.25) is 10.0 Å². The second-order valence-corrected chi connectivity index (χ2v) is 7.59. The van der Waals surface area contributed by atoms with Gasteiger partial charge in [-0.25, -0.2) is 5.43 Å². The summed E-state index contributed by atoms with van der Waals surface area (Å²) in [6.07, 6.45) is 3.89. The Morgan fingerprint density at radius 2 is 2.09 bits per heavy atom. The van der Waals surface area contributed by atoms with Crippen LogP contribution in [-0.4, -0.2) is 23.9 Å². The third kappa shape index (κ3) is 4.66. The third-order valence-corrected chi connectivity index (χ3v) is 4.91. The fraction of sp³-hybridized carbons (Fsp3) is 0.0909. The van der Waals surface area contributed by atoms with Gasteiger partial charge in [-0.15, -0.1) is 0 Å². The quantitative estimate of drug-likeness (QED) is 0.325. The normalized spacial score (nSPS) is 11.2. The van der Waals surface area contributed by atoms with Crippen LogP contribution in [-0.2, 0) is 4.79 Å². The molecule has 2 aromatic carbocycles. The summed E-state index contributed by atoms with van der Waals surface area (Å²) in [6.45, 7) is 1.62. The average molecular weight is 472 g/mol. The molecule has 0 radical (unpaired) electrons. The van der Waals surface area contributed by atoms with E-state index < -0.39 is 5.91 Å². The lowest BCUT2D eigenvalue weighted by Crippen LogP contribution is -2.25. The number of fused-ring (bicyclic) bond motifs is 1. The van der Waals surface area contributed by atoms with Gasteiger partial charge in [-0.2, -0.15) is 5.10 Å². The highest BCUT2D eigenvalue weighted by molar-refractivity contribution is 6.38. The zero-order valence-corrected chi connectivity index (χ0v) is 18.1. The van der Waals surface area contributed by atoms with Gasteiger partial charge in [0.2, 0.25) is 5.43 Å². The number of benzene rings is 2. The first-order valence-corrected chi connectivity index (χ1v) is 10.0. The first-order valence-electron chi connectivity index (χ1n) is 9.29. The summed E-state index contributed by atoms with van der Waals surface area (Å²) in [6, 6.07) is 10.1. The molecule has 2 aromatic heterocycles. The van der Waals surface area contributed by atoms with Crippen LogP contribution in [0.4, 0.5) is 0 Å². The van der Waals surface area contributed by atoms with Gasteiger partial charge >= 0.3 is 0 Å². The van der Waals surface area contributed by atoms with Crippen LogP contribution in [0.15, 0.2) is 67.7 Å². The van der Waals surface area contributed by atoms with E-state index in [4.69, 9.17) is 36.9 Å². The predicted molar refractivity (Wildman–Crippen MR) is 120 cm³/mol. The van der Waals surface area contributed by atoms with E-state index in [0.717, 1.165) is 5.56 Å². The van der Waals surface area contributed by atoms with Crippen molar-refractivity contribution in [3.63, 3.8) is 0 Å². The Hall–Kier alpha value is -3.62. The molecule has 0 unspecified atom stereocenters. The van der Waals surface area contributed by atoms with Crippen molar-refractivity contribution in [1.82, 2.24) is 10.6 Å².